The summed E-state index contributed by atoms with van der Waals surface area (Å²) >= 11 is 0. The van der Waals surface area contributed by atoms with Crippen LogP contribution in [0.3, 0.4) is 0 Å². The van der Waals surface area contributed by atoms with Crippen molar-refractivity contribution >= 4 is 17.4 Å². The Morgan fingerprint density at radius 2 is 2.05 bits per heavy atom. The van der Waals surface area contributed by atoms with Gasteiger partial charge in [-0.1, -0.05) is 25.7 Å². The fourth-order valence-electron chi connectivity index (χ4n) is 2.45. The average molecular weight is 277 g/mol. The number of nitrogens with zero attached hydrogens (tertiary/aromatic N) is 1. The predicted octanol–water partition coefficient (Wildman–Crippen LogP) is 2.73. The maximum Gasteiger partial charge on any atom is 0.253 e. The highest BCUT2D eigenvalue weighted by atomic mass is 16.5. The second-order valence-corrected chi connectivity index (χ2v) is 5.35. The molecule has 5 heteroatoms. The van der Waals surface area contributed by atoms with Gasteiger partial charge in [0.25, 0.3) is 5.91 Å². The molecule has 2 rings (SSSR count). The first kappa shape index (κ1) is 14.8. The summed E-state index contributed by atoms with van der Waals surface area (Å²) in [7, 11) is 0. The van der Waals surface area contributed by atoms with Crippen molar-refractivity contribution in [1.82, 2.24) is 4.98 Å². The molecule has 1 aromatic rings. The number of nitrogens with two attached hydrogens (primary N) is 1. The molecule has 1 saturated carbocycles. The molecule has 110 valence electrons. The highest BCUT2D eigenvalue weighted by Gasteiger charge is 2.20. The van der Waals surface area contributed by atoms with Gasteiger partial charge in [0.05, 0.1) is 18.0 Å². The number of amides is 1. The number of nitrogen functional groups attached to an aromatic ring is 1. The number of carbonyl (C=O) groups excluding carboxylic acids is 1. The maximum atomic E-state index is 12.1. The van der Waals surface area contributed by atoms with E-state index in [-0.39, 0.29) is 12.0 Å². The summed E-state index contributed by atoms with van der Waals surface area (Å²) in [6.45, 7) is 1.80. The minimum Gasteiger partial charge on any atom is -0.384 e. The third-order valence-corrected chi connectivity index (χ3v) is 3.62. The van der Waals surface area contributed by atoms with E-state index in [0.717, 1.165) is 12.8 Å². The minimum absolute atomic E-state index is 0.138. The van der Waals surface area contributed by atoms with E-state index in [1.54, 1.807) is 25.3 Å². The fraction of sp³-hybridized carbons (Fsp3) is 0.600. The molecule has 1 aliphatic carbocycles. The molecule has 1 aliphatic rings. The lowest BCUT2D eigenvalue weighted by molar-refractivity contribution is -0.130. The van der Waals surface area contributed by atoms with Gasteiger partial charge in [-0.05, 0) is 31.9 Å². The number of carbonyl (C=O) groups is 1. The highest BCUT2D eigenvalue weighted by Crippen LogP contribution is 2.21. The van der Waals surface area contributed by atoms with Crippen LogP contribution in [0.4, 0.5) is 11.5 Å². The second-order valence-electron chi connectivity index (χ2n) is 5.35. The normalized spacial score (nSPS) is 18.2. The van der Waals surface area contributed by atoms with E-state index in [4.69, 9.17) is 10.5 Å². The lowest BCUT2D eigenvalue weighted by atomic mass is 10.1. The summed E-state index contributed by atoms with van der Waals surface area (Å²) in [6.07, 6.45) is 8.36. The molecule has 0 radical (unpaired) electrons. The van der Waals surface area contributed by atoms with Gasteiger partial charge in [-0.2, -0.15) is 0 Å². The van der Waals surface area contributed by atoms with Gasteiger partial charge < -0.3 is 15.8 Å². The number of hydrogen-bond donors (Lipinski definition) is 2. The van der Waals surface area contributed by atoms with E-state index in [9.17, 15) is 4.79 Å². The minimum atomic E-state index is -0.448. The largest absolute Gasteiger partial charge is 0.384 e. The van der Waals surface area contributed by atoms with Crippen molar-refractivity contribution in [2.45, 2.75) is 57.7 Å². The zero-order valence-corrected chi connectivity index (χ0v) is 12.0. The van der Waals surface area contributed by atoms with E-state index < -0.39 is 6.10 Å². The van der Waals surface area contributed by atoms with Crippen LogP contribution in [0.25, 0.3) is 0 Å². The SMILES string of the molecule is CC(OC1CCCCCC1)C(=O)Nc1ccc(N)nc1. The summed E-state index contributed by atoms with van der Waals surface area (Å²) in [5, 5.41) is 2.79. The Morgan fingerprint density at radius 3 is 2.65 bits per heavy atom. The van der Waals surface area contributed by atoms with Crippen LogP contribution in [0.5, 0.6) is 0 Å². The lowest BCUT2D eigenvalue weighted by Gasteiger charge is -2.20. The Morgan fingerprint density at radius 1 is 1.35 bits per heavy atom. The summed E-state index contributed by atoms with van der Waals surface area (Å²) in [5.74, 6) is 0.298. The average Bonchev–Trinajstić information content (AvgIpc) is 2.70. The van der Waals surface area contributed by atoms with Gasteiger partial charge in [0, 0.05) is 0 Å². The first-order chi connectivity index (χ1) is 9.65. The van der Waals surface area contributed by atoms with Crippen LogP contribution < -0.4 is 11.1 Å². The van der Waals surface area contributed by atoms with Gasteiger partial charge >= 0.3 is 0 Å². The number of hydrogen-bond acceptors (Lipinski definition) is 4. The van der Waals surface area contributed by atoms with Crippen LogP contribution in [0.2, 0.25) is 0 Å². The maximum absolute atomic E-state index is 12.1. The van der Waals surface area contributed by atoms with Gasteiger partial charge in [0.15, 0.2) is 0 Å². The summed E-state index contributed by atoms with van der Waals surface area (Å²) < 4.78 is 5.87. The molecule has 1 heterocycles. The van der Waals surface area contributed by atoms with Crippen molar-refractivity contribution < 1.29 is 9.53 Å². The fourth-order valence-corrected chi connectivity index (χ4v) is 2.45. The third kappa shape index (κ3) is 4.49. The number of aromatic nitrogens is 1. The molecule has 1 atom stereocenters. The standard InChI is InChI=1S/C15H23N3O2/c1-11(20-13-6-4-2-3-5-7-13)15(19)18-12-8-9-14(16)17-10-12/h8-11,13H,2-7H2,1H3,(H2,16,17)(H,18,19). The summed E-state index contributed by atoms with van der Waals surface area (Å²) in [5.41, 5.74) is 6.15. The smallest absolute Gasteiger partial charge is 0.253 e. The number of pyridine rings is 1. The molecule has 1 fully saturated rings. The molecule has 1 aromatic heterocycles. The Labute approximate surface area is 119 Å². The van der Waals surface area contributed by atoms with Gasteiger partial charge in [-0.15, -0.1) is 0 Å². The second kappa shape index (κ2) is 7.24. The van der Waals surface area contributed by atoms with Crippen LogP contribution in [0.15, 0.2) is 18.3 Å². The monoisotopic (exact) mass is 277 g/mol. The topological polar surface area (TPSA) is 77.2 Å². The van der Waals surface area contributed by atoms with Gasteiger partial charge in [0.1, 0.15) is 11.9 Å². The molecule has 5 nitrogen and oxygen atoms in total. The van der Waals surface area contributed by atoms with E-state index >= 15 is 0 Å². The van der Waals surface area contributed by atoms with Crippen molar-refractivity contribution in [1.29, 1.82) is 0 Å². The van der Waals surface area contributed by atoms with Crippen molar-refractivity contribution in [3.05, 3.63) is 18.3 Å². The first-order valence-electron chi connectivity index (χ1n) is 7.33. The molecular weight excluding hydrogens is 254 g/mol. The van der Waals surface area contributed by atoms with E-state index in [1.807, 2.05) is 0 Å². The molecule has 20 heavy (non-hydrogen) atoms. The van der Waals surface area contributed by atoms with Crippen LogP contribution in [0.1, 0.15) is 45.4 Å². The van der Waals surface area contributed by atoms with Crippen molar-refractivity contribution in [2.75, 3.05) is 11.1 Å². The molecular formula is C15H23N3O2. The van der Waals surface area contributed by atoms with E-state index in [1.165, 1.54) is 25.7 Å². The van der Waals surface area contributed by atoms with Crippen molar-refractivity contribution in [2.24, 2.45) is 0 Å². The quantitative estimate of drug-likeness (QED) is 0.830. The number of ether oxygens (including phenoxy) is 1. The van der Waals surface area contributed by atoms with Crippen LogP contribution in [0, 0.1) is 0 Å². The predicted molar refractivity (Wildman–Crippen MR) is 79.3 cm³/mol. The zero-order valence-electron chi connectivity index (χ0n) is 12.0. The number of anilines is 2. The van der Waals surface area contributed by atoms with Crippen molar-refractivity contribution in [3.63, 3.8) is 0 Å². The van der Waals surface area contributed by atoms with Gasteiger partial charge in [-0.3, -0.25) is 4.79 Å². The van der Waals surface area contributed by atoms with Gasteiger partial charge in [0.2, 0.25) is 0 Å². The Balaban J connectivity index is 1.83. The molecule has 3 N–H and O–H groups in total. The lowest BCUT2D eigenvalue weighted by Crippen LogP contribution is -2.31. The molecule has 0 saturated heterocycles. The molecule has 0 aliphatic heterocycles. The zero-order chi connectivity index (χ0) is 14.4. The van der Waals surface area contributed by atoms with E-state index in [2.05, 4.69) is 10.3 Å². The molecule has 0 bridgehead atoms. The van der Waals surface area contributed by atoms with Crippen LogP contribution >= 0.6 is 0 Å². The van der Waals surface area contributed by atoms with Crippen LogP contribution in [-0.4, -0.2) is 23.1 Å². The molecule has 1 amide bonds. The molecule has 0 aromatic carbocycles. The molecule has 1 unspecified atom stereocenters. The number of rotatable bonds is 4. The Bertz CT molecular complexity index is 425. The molecule has 0 spiro atoms. The van der Waals surface area contributed by atoms with Crippen LogP contribution in [-0.2, 0) is 9.53 Å². The van der Waals surface area contributed by atoms with Crippen molar-refractivity contribution in [3.8, 4) is 0 Å². The third-order valence-electron chi connectivity index (χ3n) is 3.62. The summed E-state index contributed by atoms with van der Waals surface area (Å²) in [4.78, 5) is 16.0. The number of nitrogens with one attached hydrogen (secondary N) is 1. The Kier molecular flexibility index (Phi) is 5.35. The highest BCUT2D eigenvalue weighted by molar-refractivity contribution is 5.93. The first-order valence-corrected chi connectivity index (χ1v) is 7.33. The van der Waals surface area contributed by atoms with Gasteiger partial charge in [-0.25, -0.2) is 4.98 Å². The van der Waals surface area contributed by atoms with E-state index in [0.29, 0.717) is 11.5 Å². The summed E-state index contributed by atoms with van der Waals surface area (Å²) in [6, 6.07) is 3.39. The Hall–Kier alpha value is -1.62.